The average Bonchev–Trinajstić information content (AvgIpc) is 3.58. The van der Waals surface area contributed by atoms with Crippen molar-refractivity contribution in [2.75, 3.05) is 18.0 Å². The van der Waals surface area contributed by atoms with Crippen LogP contribution in [0, 0.1) is 29.3 Å². The summed E-state index contributed by atoms with van der Waals surface area (Å²) in [6.45, 7) is 5.88. The quantitative estimate of drug-likeness (QED) is 0.527. The normalized spacial score (nSPS) is 20.7. The van der Waals surface area contributed by atoms with E-state index in [4.69, 9.17) is 4.74 Å². The number of amides is 1. The molecule has 1 aliphatic heterocycles. The van der Waals surface area contributed by atoms with Crippen molar-refractivity contribution in [3.63, 3.8) is 0 Å². The molecule has 3 heterocycles. The Hall–Kier alpha value is -4.09. The zero-order valence-electron chi connectivity index (χ0n) is 20.8. The molecule has 2 fully saturated rings. The number of pyridine rings is 2. The lowest BCUT2D eigenvalue weighted by Gasteiger charge is -2.34. The summed E-state index contributed by atoms with van der Waals surface area (Å²) in [5.41, 5.74) is -2.88. The summed E-state index contributed by atoms with van der Waals surface area (Å²) in [7, 11) is 0. The molecular formula is C26H25F3N4O5. The second-order valence-electron chi connectivity index (χ2n) is 10.6. The zero-order chi connectivity index (χ0) is 27.5. The predicted octanol–water partition coefficient (Wildman–Crippen LogP) is 3.85. The summed E-state index contributed by atoms with van der Waals surface area (Å²) in [5.74, 6) is -4.12. The van der Waals surface area contributed by atoms with Gasteiger partial charge in [0.25, 0.3) is 0 Å². The van der Waals surface area contributed by atoms with E-state index < -0.39 is 46.1 Å². The first-order chi connectivity index (χ1) is 17.8. The highest BCUT2D eigenvalue weighted by atomic mass is 19.1. The van der Waals surface area contributed by atoms with Crippen molar-refractivity contribution in [1.29, 1.82) is 0 Å². The van der Waals surface area contributed by atoms with E-state index in [0.717, 1.165) is 35.4 Å². The van der Waals surface area contributed by atoms with Crippen molar-refractivity contribution in [2.24, 2.45) is 11.8 Å². The monoisotopic (exact) mass is 530 g/mol. The SMILES string of the molecule is CC(C)(C)OC(=O)N[C@@H]1CN(c2nc3c(cc2F)c(=O)c(C(=O)O)cn3-c2ccc(F)cc2F)C[C@H]2C[C@H]21. The number of nitrogens with zero attached hydrogens (tertiary/aromatic N) is 3. The van der Waals surface area contributed by atoms with E-state index in [-0.39, 0.29) is 47.0 Å². The van der Waals surface area contributed by atoms with E-state index >= 15 is 4.39 Å². The number of carbonyl (C=O) groups excluding carboxylic acids is 1. The molecule has 1 saturated heterocycles. The third kappa shape index (κ3) is 4.77. The van der Waals surface area contributed by atoms with Crippen LogP contribution in [-0.2, 0) is 4.74 Å². The van der Waals surface area contributed by atoms with Gasteiger partial charge in [-0.1, -0.05) is 0 Å². The number of carboxylic acids is 1. The van der Waals surface area contributed by atoms with Crippen LogP contribution in [0.2, 0.25) is 0 Å². The summed E-state index contributed by atoms with van der Waals surface area (Å²) in [4.78, 5) is 42.9. The van der Waals surface area contributed by atoms with Gasteiger partial charge in [0.2, 0.25) is 5.43 Å². The Morgan fingerprint density at radius 2 is 1.87 bits per heavy atom. The van der Waals surface area contributed by atoms with Gasteiger partial charge in [-0.25, -0.2) is 27.7 Å². The summed E-state index contributed by atoms with van der Waals surface area (Å²) in [5, 5.41) is 12.0. The molecule has 2 aliphatic rings. The summed E-state index contributed by atoms with van der Waals surface area (Å²) >= 11 is 0. The molecule has 3 aromatic rings. The van der Waals surface area contributed by atoms with E-state index in [2.05, 4.69) is 10.3 Å². The lowest BCUT2D eigenvalue weighted by molar-refractivity contribution is 0.0494. The predicted molar refractivity (Wildman–Crippen MR) is 131 cm³/mol. The number of benzene rings is 1. The number of hydrogen-bond acceptors (Lipinski definition) is 6. The van der Waals surface area contributed by atoms with Crippen LogP contribution in [0.15, 0.2) is 35.3 Å². The average molecular weight is 531 g/mol. The van der Waals surface area contributed by atoms with E-state index in [1.54, 1.807) is 25.7 Å². The molecule has 38 heavy (non-hydrogen) atoms. The number of aromatic carboxylic acids is 1. The van der Waals surface area contributed by atoms with E-state index in [1.165, 1.54) is 0 Å². The fourth-order valence-corrected chi connectivity index (χ4v) is 4.94. The molecule has 12 heteroatoms. The maximum atomic E-state index is 15.4. The molecule has 5 rings (SSSR count). The first-order valence-corrected chi connectivity index (χ1v) is 12.0. The van der Waals surface area contributed by atoms with E-state index in [9.17, 15) is 28.3 Å². The van der Waals surface area contributed by atoms with Gasteiger partial charge in [0.1, 0.15) is 22.8 Å². The van der Waals surface area contributed by atoms with Crippen molar-refractivity contribution in [2.45, 2.75) is 38.8 Å². The molecule has 0 unspecified atom stereocenters. The number of fused-ring (bicyclic) bond motifs is 2. The number of hydrogen-bond donors (Lipinski definition) is 2. The number of nitrogens with one attached hydrogen (secondary N) is 1. The van der Waals surface area contributed by atoms with Gasteiger partial charge >= 0.3 is 12.1 Å². The highest BCUT2D eigenvalue weighted by molar-refractivity contribution is 5.92. The van der Waals surface area contributed by atoms with Gasteiger partial charge in [-0.15, -0.1) is 0 Å². The number of alkyl carbamates (subject to hydrolysis) is 1. The Morgan fingerprint density at radius 3 is 2.53 bits per heavy atom. The smallest absolute Gasteiger partial charge is 0.407 e. The number of rotatable bonds is 4. The Morgan fingerprint density at radius 1 is 1.13 bits per heavy atom. The molecule has 1 saturated carbocycles. The number of piperidine rings is 1. The Bertz CT molecular complexity index is 1530. The number of aromatic nitrogens is 2. The van der Waals surface area contributed by atoms with Crippen molar-refractivity contribution in [3.8, 4) is 5.69 Å². The lowest BCUT2D eigenvalue weighted by atomic mass is 10.1. The molecule has 2 aromatic heterocycles. The van der Waals surface area contributed by atoms with Gasteiger partial charge < -0.3 is 20.1 Å². The van der Waals surface area contributed by atoms with Crippen LogP contribution in [0.5, 0.6) is 0 Å². The van der Waals surface area contributed by atoms with Crippen molar-refractivity contribution >= 4 is 28.9 Å². The largest absolute Gasteiger partial charge is 0.477 e. The fraction of sp³-hybridized carbons (Fsp3) is 0.385. The van der Waals surface area contributed by atoms with Gasteiger partial charge in [0.05, 0.1) is 17.1 Å². The topological polar surface area (TPSA) is 114 Å². The van der Waals surface area contributed by atoms with Gasteiger partial charge in [0, 0.05) is 25.4 Å². The van der Waals surface area contributed by atoms with Crippen LogP contribution in [-0.4, -0.2) is 51.5 Å². The minimum atomic E-state index is -1.59. The molecule has 1 aliphatic carbocycles. The van der Waals surface area contributed by atoms with Gasteiger partial charge in [-0.3, -0.25) is 9.36 Å². The Labute approximate surface area is 214 Å². The maximum absolute atomic E-state index is 15.4. The van der Waals surface area contributed by atoms with Crippen LogP contribution in [0.1, 0.15) is 37.6 Å². The van der Waals surface area contributed by atoms with Crippen molar-refractivity contribution in [1.82, 2.24) is 14.9 Å². The van der Waals surface area contributed by atoms with Crippen LogP contribution in [0.3, 0.4) is 0 Å². The summed E-state index contributed by atoms with van der Waals surface area (Å²) < 4.78 is 50.0. The van der Waals surface area contributed by atoms with Gasteiger partial charge in [0.15, 0.2) is 17.3 Å². The number of halogens is 3. The first-order valence-electron chi connectivity index (χ1n) is 12.0. The second-order valence-corrected chi connectivity index (χ2v) is 10.6. The number of anilines is 1. The van der Waals surface area contributed by atoms with Crippen molar-refractivity contribution < 1.29 is 32.6 Å². The zero-order valence-corrected chi connectivity index (χ0v) is 20.8. The number of carboxylic acid groups (broad SMARTS) is 1. The second kappa shape index (κ2) is 9.03. The first kappa shape index (κ1) is 25.6. The molecule has 1 amide bonds. The third-order valence-electron chi connectivity index (χ3n) is 6.68. The van der Waals surface area contributed by atoms with Crippen molar-refractivity contribution in [3.05, 3.63) is 63.7 Å². The molecule has 200 valence electrons. The number of carbonyl (C=O) groups is 2. The highest BCUT2D eigenvalue weighted by Crippen LogP contribution is 2.46. The van der Waals surface area contributed by atoms with Crippen LogP contribution >= 0.6 is 0 Å². The Balaban J connectivity index is 1.58. The minimum Gasteiger partial charge on any atom is -0.477 e. The molecule has 0 bridgehead atoms. The molecule has 2 N–H and O–H groups in total. The van der Waals surface area contributed by atoms with E-state index in [1.807, 2.05) is 0 Å². The lowest BCUT2D eigenvalue weighted by Crippen LogP contribution is -2.51. The molecule has 3 atom stereocenters. The summed E-state index contributed by atoms with van der Waals surface area (Å²) in [6.07, 6.45) is 1.11. The molecule has 0 radical (unpaired) electrons. The third-order valence-corrected chi connectivity index (χ3v) is 6.68. The molecule has 1 aromatic carbocycles. The van der Waals surface area contributed by atoms with Gasteiger partial charge in [-0.05, 0) is 57.2 Å². The molecule has 0 spiro atoms. The highest BCUT2D eigenvalue weighted by Gasteiger charge is 2.49. The van der Waals surface area contributed by atoms with Crippen LogP contribution in [0.4, 0.5) is 23.8 Å². The van der Waals surface area contributed by atoms with Crippen LogP contribution in [0.25, 0.3) is 16.7 Å². The van der Waals surface area contributed by atoms with Crippen LogP contribution < -0.4 is 15.6 Å². The fourth-order valence-electron chi connectivity index (χ4n) is 4.94. The van der Waals surface area contributed by atoms with E-state index in [0.29, 0.717) is 12.6 Å². The molecular weight excluding hydrogens is 505 g/mol. The maximum Gasteiger partial charge on any atom is 0.407 e. The molecule has 9 nitrogen and oxygen atoms in total. The standard InChI is InChI=1S/C26H25F3N4O5/c1-26(2,3)38-25(37)30-19-11-32(9-12-6-14(12)19)23-18(29)8-15-21(34)16(24(35)36)10-33(22(15)31-23)20-5-4-13(27)7-17(20)28/h4-5,7-8,10,12,14,19H,6,9,11H2,1-3H3,(H,30,37)(H,35,36)/t12-,14-,19-/m1/s1. The van der Waals surface area contributed by atoms with Gasteiger partial charge in [-0.2, -0.15) is 0 Å². The minimum absolute atomic E-state index is 0.141. The summed E-state index contributed by atoms with van der Waals surface area (Å²) in [6, 6.07) is 3.18. The number of ether oxygens (including phenoxy) is 1. The Kier molecular flexibility index (Phi) is 6.07.